The van der Waals surface area contributed by atoms with Crippen LogP contribution in [0.2, 0.25) is 13.1 Å². The largest absolute Gasteiger partial charge is 3.00 e. The van der Waals surface area contributed by atoms with Crippen LogP contribution in [0, 0.1) is 27.7 Å². The Morgan fingerprint density at radius 3 is 1.17 bits per heavy atom. The number of benzene rings is 2. The second-order valence-corrected chi connectivity index (χ2v) is 7.72. The maximum atomic E-state index is 9.99. The molecule has 0 heterocycles. The minimum atomic E-state index is -0.516. The number of hydrogen-bond donors (Lipinski definition) is 1. The molecule has 3 aromatic rings. The Morgan fingerprint density at radius 2 is 0.966 bits per heavy atom. The molecule has 1 N–H and O–H groups in total. The van der Waals surface area contributed by atoms with Gasteiger partial charge in [0.05, 0.1) is 0 Å². The van der Waals surface area contributed by atoms with Crippen LogP contribution in [0.15, 0.2) is 66.7 Å². The van der Waals surface area contributed by atoms with Gasteiger partial charge in [0.15, 0.2) is 0 Å². The molecule has 0 aromatic heterocycles. The Kier molecular flexibility index (Phi) is 20.5. The third-order valence-corrected chi connectivity index (χ3v) is 4.41. The van der Waals surface area contributed by atoms with Crippen LogP contribution >= 0.6 is 0 Å². The molecule has 0 saturated carbocycles. The molecule has 1 nitrogen and oxygen atoms in total. The van der Waals surface area contributed by atoms with Gasteiger partial charge in [-0.3, -0.25) is 0 Å². The molecule has 5 heteroatoms. The van der Waals surface area contributed by atoms with Gasteiger partial charge in [-0.1, -0.05) is 101 Å². The van der Waals surface area contributed by atoms with Crippen LogP contribution in [-0.2, 0) is 21.7 Å². The summed E-state index contributed by atoms with van der Waals surface area (Å²) in [6, 6.07) is 21.6. The first-order valence-electron chi connectivity index (χ1n) is 9.14. The molecule has 0 aliphatic heterocycles. The van der Waals surface area contributed by atoms with Crippen LogP contribution in [0.3, 0.4) is 0 Å². The molecule has 0 atom stereocenters. The number of rotatable bonds is 2. The summed E-state index contributed by atoms with van der Waals surface area (Å²) in [5.41, 5.74) is 7.60. The van der Waals surface area contributed by atoms with E-state index in [1.54, 1.807) is 0 Å². The maximum Gasteiger partial charge on any atom is 3.00 e. The number of halogens is 2. The normalized spacial score (nSPS) is 8.83. The van der Waals surface area contributed by atoms with Crippen molar-refractivity contribution in [2.75, 3.05) is 0 Å². The van der Waals surface area contributed by atoms with E-state index in [-0.39, 0.29) is 46.5 Å². The number of aliphatic hydroxyl groups is 1. The quantitative estimate of drug-likeness (QED) is 0.400. The zero-order chi connectivity index (χ0) is 19.5. The molecule has 0 bridgehead atoms. The van der Waals surface area contributed by atoms with Gasteiger partial charge in [0, 0.05) is 9.52 Å². The fourth-order valence-corrected chi connectivity index (χ4v) is 2.60. The van der Waals surface area contributed by atoms with Gasteiger partial charge in [-0.25, -0.2) is 0 Å². The van der Waals surface area contributed by atoms with Crippen molar-refractivity contribution in [3.05, 3.63) is 100 Å². The van der Waals surface area contributed by atoms with Crippen molar-refractivity contribution in [3.8, 4) is 0 Å². The molecule has 0 fully saturated rings. The van der Waals surface area contributed by atoms with E-state index in [1.165, 1.54) is 22.3 Å². The van der Waals surface area contributed by atoms with E-state index in [1.807, 2.05) is 60.7 Å². The van der Waals surface area contributed by atoms with Crippen molar-refractivity contribution in [3.63, 3.8) is 0 Å². The number of aryl methyl sites for hydroxylation is 2. The number of hydrogen-bond acceptors (Lipinski definition) is 1. The second kappa shape index (κ2) is 18.1. The fraction of sp³-hybridized carbons (Fsp3) is 0.292. The predicted molar refractivity (Wildman–Crippen MR) is 117 cm³/mol. The topological polar surface area (TPSA) is 20.2 Å². The van der Waals surface area contributed by atoms with E-state index >= 15 is 0 Å². The average molecular weight is 483 g/mol. The first-order valence-corrected chi connectivity index (χ1v) is 11.4. The van der Waals surface area contributed by atoms with Crippen LogP contribution in [0.25, 0.3) is 0 Å². The average Bonchev–Trinajstić information content (AvgIpc) is 2.89. The van der Waals surface area contributed by atoms with Crippen molar-refractivity contribution < 1.29 is 51.6 Å². The van der Waals surface area contributed by atoms with E-state index in [9.17, 15) is 5.11 Å². The SMILES string of the molecule is C[SiH]C.Cc1[cH-]c(C)c(C)c1C.OC(c1ccccc1)c1ccccc1.[Cl-].[Cl-].[Ti+3]. The van der Waals surface area contributed by atoms with Gasteiger partial charge in [0.25, 0.3) is 0 Å². The van der Waals surface area contributed by atoms with E-state index in [0.717, 1.165) is 20.6 Å². The monoisotopic (exact) mass is 482 g/mol. The molecule has 2 radical (unpaired) electrons. The summed E-state index contributed by atoms with van der Waals surface area (Å²) in [4.78, 5) is 0. The molecule has 0 spiro atoms. The summed E-state index contributed by atoms with van der Waals surface area (Å²) in [5, 5.41) is 9.99. The van der Waals surface area contributed by atoms with Crippen molar-refractivity contribution in [2.24, 2.45) is 0 Å². The summed E-state index contributed by atoms with van der Waals surface area (Å²) in [5.74, 6) is 0. The van der Waals surface area contributed by atoms with Gasteiger partial charge in [-0.2, -0.15) is 28.3 Å². The minimum absolute atomic E-state index is 0. The van der Waals surface area contributed by atoms with Crippen LogP contribution in [-0.4, -0.2) is 14.6 Å². The van der Waals surface area contributed by atoms with Crippen LogP contribution < -0.4 is 24.8 Å². The molecule has 0 saturated heterocycles. The van der Waals surface area contributed by atoms with Gasteiger partial charge in [-0.05, 0) is 11.1 Å². The molecular weight excluding hydrogens is 451 g/mol. The van der Waals surface area contributed by atoms with Crippen molar-refractivity contribution >= 4 is 9.52 Å². The summed E-state index contributed by atoms with van der Waals surface area (Å²) in [6.45, 7) is 13.1. The van der Waals surface area contributed by atoms with Gasteiger partial charge in [0.2, 0.25) is 0 Å². The Bertz CT molecular complexity index is 699. The maximum absolute atomic E-state index is 9.99. The Hall–Kier alpha value is -0.739. The minimum Gasteiger partial charge on any atom is -1.00 e. The second-order valence-electron chi connectivity index (χ2n) is 6.56. The summed E-state index contributed by atoms with van der Waals surface area (Å²) in [6.07, 6.45) is -0.516. The Morgan fingerprint density at radius 1 is 0.690 bits per heavy atom. The zero-order valence-electron chi connectivity index (χ0n) is 18.2. The van der Waals surface area contributed by atoms with Gasteiger partial charge < -0.3 is 29.9 Å². The molecule has 0 unspecified atom stereocenters. The molecule has 29 heavy (non-hydrogen) atoms. The summed E-state index contributed by atoms with van der Waals surface area (Å²) < 4.78 is 0. The Labute approximate surface area is 207 Å². The third kappa shape index (κ3) is 11.3. The van der Waals surface area contributed by atoms with E-state index in [0.29, 0.717) is 0 Å². The van der Waals surface area contributed by atoms with E-state index < -0.39 is 6.10 Å². The zero-order valence-corrected chi connectivity index (χ0v) is 22.4. The van der Waals surface area contributed by atoms with Gasteiger partial charge in [0.1, 0.15) is 6.10 Å². The van der Waals surface area contributed by atoms with Crippen molar-refractivity contribution in [2.45, 2.75) is 46.9 Å². The van der Waals surface area contributed by atoms with Crippen LogP contribution in [0.1, 0.15) is 39.5 Å². The fourth-order valence-electron chi connectivity index (χ4n) is 2.60. The van der Waals surface area contributed by atoms with E-state index in [4.69, 9.17) is 0 Å². The molecular formula is C24H32Cl2OSiTi. The third-order valence-electron chi connectivity index (χ3n) is 4.41. The molecule has 0 aliphatic carbocycles. The smallest absolute Gasteiger partial charge is 1.00 e. The van der Waals surface area contributed by atoms with Gasteiger partial charge >= 0.3 is 21.7 Å². The van der Waals surface area contributed by atoms with Crippen LogP contribution in [0.4, 0.5) is 0 Å². The summed E-state index contributed by atoms with van der Waals surface area (Å²) in [7, 11) is 0.750. The standard InChI is InChI=1S/C13H12O.C9H13.C2H7Si.2ClH.Ti/c14-13(11-7-3-1-4-8-11)12-9-5-2-6-10-12;1-6-5-7(2)9(4)8(6)3;1-3-2;;;/h1-10,13-14H;5H,1-4H3;3H,1-2H3;2*1H;/q;-1;;;;+3/p-2. The molecule has 3 rings (SSSR count). The van der Waals surface area contributed by atoms with Crippen LogP contribution in [0.5, 0.6) is 0 Å². The molecule has 3 aromatic carbocycles. The first kappa shape index (κ1) is 32.9. The number of aliphatic hydroxyl groups excluding tert-OH is 1. The summed E-state index contributed by atoms with van der Waals surface area (Å²) >= 11 is 0. The van der Waals surface area contributed by atoms with Crippen molar-refractivity contribution in [1.29, 1.82) is 0 Å². The molecule has 0 amide bonds. The molecule has 156 valence electrons. The first-order chi connectivity index (χ1) is 12.4. The van der Waals surface area contributed by atoms with Gasteiger partial charge in [-0.15, -0.1) is 0 Å². The Balaban J connectivity index is -0.000000397. The molecule has 0 aliphatic rings. The van der Waals surface area contributed by atoms with E-state index in [2.05, 4.69) is 46.9 Å². The van der Waals surface area contributed by atoms with Crippen molar-refractivity contribution in [1.82, 2.24) is 0 Å². The predicted octanol–water partition coefficient (Wildman–Crippen LogP) is -0.0679.